The van der Waals surface area contributed by atoms with Crippen molar-refractivity contribution in [3.8, 4) is 0 Å². The summed E-state index contributed by atoms with van der Waals surface area (Å²) < 4.78 is 2.17. The molecule has 84 valence electrons. The Kier molecular flexibility index (Phi) is 2.13. The van der Waals surface area contributed by atoms with E-state index in [1.54, 1.807) is 0 Å². The molecule has 0 saturated carbocycles. The monoisotopic (exact) mass is 215 g/mol. The number of hydrogen-bond donors (Lipinski definition) is 0. The van der Waals surface area contributed by atoms with Crippen LogP contribution in [0, 0.1) is 12.8 Å². The second kappa shape index (κ2) is 3.51. The Labute approximate surface area is 95.7 Å². The van der Waals surface area contributed by atoms with Gasteiger partial charge in [-0.2, -0.15) is 0 Å². The maximum Gasteiger partial charge on any atom is 0.153 e. The fourth-order valence-electron chi connectivity index (χ4n) is 2.56. The summed E-state index contributed by atoms with van der Waals surface area (Å²) >= 11 is 0. The van der Waals surface area contributed by atoms with E-state index in [4.69, 9.17) is 0 Å². The van der Waals surface area contributed by atoms with Crippen molar-refractivity contribution in [1.29, 1.82) is 0 Å². The second-order valence-electron chi connectivity index (χ2n) is 4.85. The minimum atomic E-state index is 0.789. The van der Waals surface area contributed by atoms with Crippen molar-refractivity contribution in [3.63, 3.8) is 0 Å². The number of aryl methyl sites for hydroxylation is 1. The van der Waals surface area contributed by atoms with Crippen LogP contribution in [0.2, 0.25) is 0 Å². The first kappa shape index (κ1) is 9.70. The third-order valence-corrected chi connectivity index (χ3v) is 3.48. The summed E-state index contributed by atoms with van der Waals surface area (Å²) in [6, 6.07) is 2.15. The Morgan fingerprint density at radius 1 is 1.38 bits per heavy atom. The zero-order valence-corrected chi connectivity index (χ0v) is 9.85. The highest BCUT2D eigenvalue weighted by Gasteiger charge is 2.22. The highest BCUT2D eigenvalue weighted by molar-refractivity contribution is 5.73. The molecule has 3 nitrogen and oxygen atoms in total. The molecule has 2 aromatic rings. The van der Waals surface area contributed by atoms with Crippen molar-refractivity contribution in [2.75, 3.05) is 18.0 Å². The van der Waals surface area contributed by atoms with Gasteiger partial charge in [0.05, 0.1) is 5.52 Å². The summed E-state index contributed by atoms with van der Waals surface area (Å²) in [4.78, 5) is 6.97. The lowest BCUT2D eigenvalue weighted by molar-refractivity contribution is 0.659. The molecule has 0 unspecified atom stereocenters. The SMILES string of the molecule is Cc1ccn2ccnc(N3CC[C@H](C)C3)c12. The zero-order chi connectivity index (χ0) is 11.1. The lowest BCUT2D eigenvalue weighted by Crippen LogP contribution is -2.21. The number of nitrogens with zero attached hydrogens (tertiary/aromatic N) is 3. The number of hydrogen-bond acceptors (Lipinski definition) is 2. The maximum atomic E-state index is 4.56. The maximum absolute atomic E-state index is 4.56. The normalized spacial score (nSPS) is 20.9. The number of rotatable bonds is 1. The van der Waals surface area contributed by atoms with Gasteiger partial charge in [0.2, 0.25) is 0 Å². The van der Waals surface area contributed by atoms with Crippen LogP contribution in [0.25, 0.3) is 5.52 Å². The average molecular weight is 215 g/mol. The van der Waals surface area contributed by atoms with Gasteiger partial charge in [-0.05, 0) is 30.9 Å². The number of fused-ring (bicyclic) bond motifs is 1. The molecule has 0 radical (unpaired) electrons. The molecule has 0 amide bonds. The first-order valence-electron chi connectivity index (χ1n) is 5.93. The van der Waals surface area contributed by atoms with Gasteiger partial charge in [-0.25, -0.2) is 4.98 Å². The van der Waals surface area contributed by atoms with E-state index < -0.39 is 0 Å². The molecule has 3 heteroatoms. The molecule has 0 N–H and O–H groups in total. The molecule has 2 aromatic heterocycles. The third kappa shape index (κ3) is 1.39. The van der Waals surface area contributed by atoms with Crippen LogP contribution in [-0.4, -0.2) is 22.5 Å². The van der Waals surface area contributed by atoms with Gasteiger partial charge in [-0.3, -0.25) is 0 Å². The van der Waals surface area contributed by atoms with Crippen LogP contribution >= 0.6 is 0 Å². The van der Waals surface area contributed by atoms with Gasteiger partial charge in [-0.15, -0.1) is 0 Å². The number of aromatic nitrogens is 2. The van der Waals surface area contributed by atoms with E-state index >= 15 is 0 Å². The molecule has 16 heavy (non-hydrogen) atoms. The fourth-order valence-corrected chi connectivity index (χ4v) is 2.56. The summed E-state index contributed by atoms with van der Waals surface area (Å²) in [7, 11) is 0. The number of anilines is 1. The van der Waals surface area contributed by atoms with E-state index in [-0.39, 0.29) is 0 Å². The van der Waals surface area contributed by atoms with Crippen molar-refractivity contribution < 1.29 is 0 Å². The van der Waals surface area contributed by atoms with Gasteiger partial charge in [-0.1, -0.05) is 6.92 Å². The minimum absolute atomic E-state index is 0.789. The minimum Gasteiger partial charge on any atom is -0.355 e. The van der Waals surface area contributed by atoms with Crippen molar-refractivity contribution in [2.24, 2.45) is 5.92 Å². The first-order valence-corrected chi connectivity index (χ1v) is 5.93. The standard InChI is InChI=1S/C13H17N3/c1-10-3-6-16(9-10)13-12-11(2)4-7-15(12)8-5-14-13/h4-5,7-8,10H,3,6,9H2,1-2H3/t10-/m0/s1. The summed E-state index contributed by atoms with van der Waals surface area (Å²) in [5.74, 6) is 1.94. The van der Waals surface area contributed by atoms with E-state index in [2.05, 4.69) is 40.4 Å². The molecule has 1 atom stereocenters. The van der Waals surface area contributed by atoms with Crippen molar-refractivity contribution in [3.05, 3.63) is 30.2 Å². The average Bonchev–Trinajstić information content (AvgIpc) is 2.86. The molecule has 0 aromatic carbocycles. The Morgan fingerprint density at radius 2 is 2.25 bits per heavy atom. The molecule has 1 fully saturated rings. The summed E-state index contributed by atoms with van der Waals surface area (Å²) in [5.41, 5.74) is 2.57. The Balaban J connectivity index is 2.12. The van der Waals surface area contributed by atoms with Crippen molar-refractivity contribution >= 4 is 11.3 Å². The molecule has 0 aliphatic carbocycles. The van der Waals surface area contributed by atoms with E-state index in [1.807, 2.05) is 12.4 Å². The van der Waals surface area contributed by atoms with Gasteiger partial charge < -0.3 is 9.30 Å². The smallest absolute Gasteiger partial charge is 0.153 e. The van der Waals surface area contributed by atoms with Gasteiger partial charge in [0.1, 0.15) is 0 Å². The first-order chi connectivity index (χ1) is 7.75. The summed E-state index contributed by atoms with van der Waals surface area (Å²) in [5, 5.41) is 0. The van der Waals surface area contributed by atoms with Crippen LogP contribution in [0.4, 0.5) is 5.82 Å². The van der Waals surface area contributed by atoms with E-state index in [0.29, 0.717) is 0 Å². The van der Waals surface area contributed by atoms with Gasteiger partial charge in [0, 0.05) is 31.7 Å². The molecule has 0 bridgehead atoms. The molecular formula is C13H17N3. The largest absolute Gasteiger partial charge is 0.355 e. The second-order valence-corrected chi connectivity index (χ2v) is 4.85. The molecule has 3 heterocycles. The predicted octanol–water partition coefficient (Wildman–Crippen LogP) is 2.49. The highest BCUT2D eigenvalue weighted by Crippen LogP contribution is 2.27. The predicted molar refractivity (Wildman–Crippen MR) is 65.9 cm³/mol. The Hall–Kier alpha value is -1.51. The van der Waals surface area contributed by atoms with Crippen LogP contribution in [0.5, 0.6) is 0 Å². The Bertz CT molecular complexity index is 515. The van der Waals surface area contributed by atoms with Crippen LogP contribution in [0.1, 0.15) is 18.9 Å². The van der Waals surface area contributed by atoms with Gasteiger partial charge in [0.25, 0.3) is 0 Å². The van der Waals surface area contributed by atoms with Crippen LogP contribution in [-0.2, 0) is 0 Å². The molecule has 1 aliphatic rings. The topological polar surface area (TPSA) is 20.5 Å². The molecule has 1 aliphatic heterocycles. The van der Waals surface area contributed by atoms with Crippen LogP contribution in [0.3, 0.4) is 0 Å². The van der Waals surface area contributed by atoms with Gasteiger partial charge in [0.15, 0.2) is 5.82 Å². The van der Waals surface area contributed by atoms with Crippen LogP contribution in [0.15, 0.2) is 24.7 Å². The lowest BCUT2D eigenvalue weighted by atomic mass is 10.2. The molecule has 3 rings (SSSR count). The van der Waals surface area contributed by atoms with Gasteiger partial charge >= 0.3 is 0 Å². The summed E-state index contributed by atoms with van der Waals surface area (Å²) in [6.45, 7) is 6.74. The lowest BCUT2D eigenvalue weighted by Gasteiger charge is -2.18. The molecular weight excluding hydrogens is 198 g/mol. The van der Waals surface area contributed by atoms with E-state index in [1.165, 1.54) is 17.5 Å². The molecule has 0 spiro atoms. The zero-order valence-electron chi connectivity index (χ0n) is 9.85. The third-order valence-electron chi connectivity index (χ3n) is 3.48. The van der Waals surface area contributed by atoms with Crippen LogP contribution < -0.4 is 4.90 Å². The van der Waals surface area contributed by atoms with Crippen molar-refractivity contribution in [1.82, 2.24) is 9.38 Å². The Morgan fingerprint density at radius 3 is 3.00 bits per heavy atom. The fraction of sp³-hybridized carbons (Fsp3) is 0.462. The van der Waals surface area contributed by atoms with Crippen molar-refractivity contribution in [2.45, 2.75) is 20.3 Å². The highest BCUT2D eigenvalue weighted by atomic mass is 15.2. The molecule has 1 saturated heterocycles. The quantitative estimate of drug-likeness (QED) is 0.728. The van der Waals surface area contributed by atoms with E-state index in [9.17, 15) is 0 Å². The van der Waals surface area contributed by atoms with E-state index in [0.717, 1.165) is 24.8 Å². The summed E-state index contributed by atoms with van der Waals surface area (Å²) in [6.07, 6.45) is 7.30.